The summed E-state index contributed by atoms with van der Waals surface area (Å²) >= 11 is 0. The van der Waals surface area contributed by atoms with Crippen LogP contribution in [-0.2, 0) is 0 Å². The van der Waals surface area contributed by atoms with Crippen LogP contribution in [0.15, 0.2) is 18.2 Å². The van der Waals surface area contributed by atoms with Gasteiger partial charge in [-0.3, -0.25) is 4.79 Å². The van der Waals surface area contributed by atoms with E-state index in [4.69, 9.17) is 5.11 Å². The van der Waals surface area contributed by atoms with E-state index in [0.717, 1.165) is 5.56 Å². The van der Waals surface area contributed by atoms with Crippen LogP contribution >= 0.6 is 0 Å². The van der Waals surface area contributed by atoms with Crippen molar-refractivity contribution in [2.75, 3.05) is 13.2 Å². The van der Waals surface area contributed by atoms with E-state index in [1.165, 1.54) is 0 Å². The quantitative estimate of drug-likeness (QED) is 0.662. The van der Waals surface area contributed by atoms with Crippen LogP contribution < -0.4 is 5.32 Å². The Morgan fingerprint density at radius 3 is 2.71 bits per heavy atom. The van der Waals surface area contributed by atoms with Gasteiger partial charge in [0, 0.05) is 18.5 Å². The van der Waals surface area contributed by atoms with Crippen molar-refractivity contribution in [2.24, 2.45) is 0 Å². The number of nitrogens with one attached hydrogen (secondary N) is 1. The van der Waals surface area contributed by atoms with Crippen LogP contribution in [0.3, 0.4) is 0 Å². The van der Waals surface area contributed by atoms with Crippen LogP contribution in [-0.4, -0.2) is 30.3 Å². The summed E-state index contributed by atoms with van der Waals surface area (Å²) in [6.45, 7) is 1.41. The van der Waals surface area contributed by atoms with Gasteiger partial charge in [0.05, 0.1) is 5.56 Å². The Kier molecular flexibility index (Phi) is 6.25. The van der Waals surface area contributed by atoms with Gasteiger partial charge in [0.15, 0.2) is 0 Å². The van der Waals surface area contributed by atoms with Gasteiger partial charge in [0.25, 0.3) is 5.91 Å². The molecule has 0 atom stereocenters. The minimum atomic E-state index is -4.22. The zero-order chi connectivity index (χ0) is 15.9. The van der Waals surface area contributed by atoms with E-state index in [9.17, 15) is 18.0 Å². The van der Waals surface area contributed by atoms with Crippen LogP contribution in [0.4, 0.5) is 13.2 Å². The van der Waals surface area contributed by atoms with Crippen molar-refractivity contribution in [2.45, 2.75) is 25.9 Å². The Hall–Kier alpha value is -2.00. The largest absolute Gasteiger partial charge is 0.389 e. The number of carbonyl (C=O) groups excluding carboxylic acids is 1. The zero-order valence-corrected chi connectivity index (χ0v) is 11.5. The summed E-state index contributed by atoms with van der Waals surface area (Å²) in [6, 6.07) is 5.02. The smallest absolute Gasteiger partial charge is 0.384 e. The van der Waals surface area contributed by atoms with E-state index >= 15 is 0 Å². The Labute approximate surface area is 121 Å². The lowest BCUT2D eigenvalue weighted by molar-refractivity contribution is -0.135. The summed E-state index contributed by atoms with van der Waals surface area (Å²) < 4.78 is 36.0. The molecule has 0 radical (unpaired) electrons. The molecule has 0 aliphatic rings. The number of benzene rings is 1. The second-order valence-corrected chi connectivity index (χ2v) is 4.48. The summed E-state index contributed by atoms with van der Waals surface area (Å²) in [4.78, 5) is 12.0. The molecule has 1 aromatic carbocycles. The van der Waals surface area contributed by atoms with Crippen LogP contribution in [0.25, 0.3) is 0 Å². The number of hydrogen-bond acceptors (Lipinski definition) is 2. The molecule has 0 fully saturated rings. The van der Waals surface area contributed by atoms with Crippen molar-refractivity contribution in [1.82, 2.24) is 5.32 Å². The standard InChI is InChI=1S/C15H16F3NO2/c1-11-5-6-12(4-2-9-20)13(10-11)14(21)19-8-3-7-15(16,17)18/h5-6,10,20H,3,7-9H2,1H3,(H,19,21). The predicted octanol–water partition coefficient (Wildman–Crippen LogP) is 2.41. The third-order valence-corrected chi connectivity index (χ3v) is 2.64. The molecule has 114 valence electrons. The van der Waals surface area contributed by atoms with Crippen molar-refractivity contribution in [3.63, 3.8) is 0 Å². The van der Waals surface area contributed by atoms with Gasteiger partial charge in [0.2, 0.25) is 0 Å². The highest BCUT2D eigenvalue weighted by Gasteiger charge is 2.26. The highest BCUT2D eigenvalue weighted by Crippen LogP contribution is 2.20. The number of hydrogen-bond donors (Lipinski definition) is 2. The third-order valence-electron chi connectivity index (χ3n) is 2.64. The average Bonchev–Trinajstić information content (AvgIpc) is 2.41. The molecule has 0 saturated heterocycles. The molecule has 0 bridgehead atoms. The number of rotatable bonds is 4. The molecular weight excluding hydrogens is 283 g/mol. The first-order valence-electron chi connectivity index (χ1n) is 6.39. The van der Waals surface area contributed by atoms with E-state index in [-0.39, 0.29) is 19.6 Å². The van der Waals surface area contributed by atoms with Crippen LogP contribution in [0, 0.1) is 18.8 Å². The monoisotopic (exact) mass is 299 g/mol. The second-order valence-electron chi connectivity index (χ2n) is 4.48. The van der Waals surface area contributed by atoms with E-state index in [1.807, 2.05) is 0 Å². The van der Waals surface area contributed by atoms with E-state index in [0.29, 0.717) is 11.1 Å². The first-order valence-corrected chi connectivity index (χ1v) is 6.39. The maximum atomic E-state index is 12.0. The SMILES string of the molecule is Cc1ccc(C#CCO)c(C(=O)NCCCC(F)(F)F)c1. The van der Waals surface area contributed by atoms with Gasteiger partial charge < -0.3 is 10.4 Å². The minimum Gasteiger partial charge on any atom is -0.384 e. The van der Waals surface area contributed by atoms with Gasteiger partial charge in [-0.15, -0.1) is 0 Å². The molecule has 2 N–H and O–H groups in total. The summed E-state index contributed by atoms with van der Waals surface area (Å²) in [6.07, 6.45) is -5.32. The fourth-order valence-electron chi connectivity index (χ4n) is 1.68. The topological polar surface area (TPSA) is 49.3 Å². The van der Waals surface area contributed by atoms with Gasteiger partial charge in [0.1, 0.15) is 6.61 Å². The molecule has 6 heteroatoms. The highest BCUT2D eigenvalue weighted by atomic mass is 19.4. The number of halogens is 3. The molecule has 0 heterocycles. The summed E-state index contributed by atoms with van der Waals surface area (Å²) in [5, 5.41) is 11.1. The highest BCUT2D eigenvalue weighted by molar-refractivity contribution is 5.96. The number of aliphatic hydroxyl groups is 1. The molecule has 21 heavy (non-hydrogen) atoms. The molecule has 0 aliphatic carbocycles. The molecule has 3 nitrogen and oxygen atoms in total. The Bertz CT molecular complexity index is 556. The van der Waals surface area contributed by atoms with Gasteiger partial charge in [-0.05, 0) is 25.5 Å². The van der Waals surface area contributed by atoms with E-state index < -0.39 is 18.5 Å². The number of carbonyl (C=O) groups is 1. The van der Waals surface area contributed by atoms with Crippen molar-refractivity contribution >= 4 is 5.91 Å². The number of aliphatic hydroxyl groups excluding tert-OH is 1. The van der Waals surface area contributed by atoms with Gasteiger partial charge in [-0.2, -0.15) is 13.2 Å². The lowest BCUT2D eigenvalue weighted by Crippen LogP contribution is -2.26. The first-order chi connectivity index (χ1) is 9.83. The van der Waals surface area contributed by atoms with Gasteiger partial charge >= 0.3 is 6.18 Å². The van der Waals surface area contributed by atoms with Crippen molar-refractivity contribution < 1.29 is 23.1 Å². The van der Waals surface area contributed by atoms with Crippen LogP contribution in [0.2, 0.25) is 0 Å². The minimum absolute atomic E-state index is 0.0564. The molecule has 1 aromatic rings. The third kappa shape index (κ3) is 6.32. The maximum Gasteiger partial charge on any atom is 0.389 e. The Morgan fingerprint density at radius 2 is 2.10 bits per heavy atom. The molecular formula is C15H16F3NO2. The van der Waals surface area contributed by atoms with Crippen molar-refractivity contribution in [3.8, 4) is 11.8 Å². The van der Waals surface area contributed by atoms with Gasteiger partial charge in [-0.25, -0.2) is 0 Å². The lowest BCUT2D eigenvalue weighted by atomic mass is 10.0. The lowest BCUT2D eigenvalue weighted by Gasteiger charge is -2.09. The predicted molar refractivity (Wildman–Crippen MR) is 72.8 cm³/mol. The Balaban J connectivity index is 2.71. The maximum absolute atomic E-state index is 12.0. The molecule has 0 aromatic heterocycles. The second kappa shape index (κ2) is 7.70. The normalized spacial score (nSPS) is 10.7. The molecule has 0 spiro atoms. The molecule has 1 amide bonds. The fourth-order valence-corrected chi connectivity index (χ4v) is 1.68. The fraction of sp³-hybridized carbons (Fsp3) is 0.400. The van der Waals surface area contributed by atoms with Crippen molar-refractivity contribution in [3.05, 3.63) is 34.9 Å². The number of alkyl halides is 3. The summed E-state index contributed by atoms with van der Waals surface area (Å²) in [5.41, 5.74) is 1.57. The van der Waals surface area contributed by atoms with Crippen LogP contribution in [0.1, 0.15) is 34.3 Å². The molecule has 1 rings (SSSR count). The number of amides is 1. The van der Waals surface area contributed by atoms with Crippen LogP contribution in [0.5, 0.6) is 0 Å². The summed E-state index contributed by atoms with van der Waals surface area (Å²) in [5.74, 6) is 4.62. The molecule has 0 aliphatic heterocycles. The van der Waals surface area contributed by atoms with Crippen molar-refractivity contribution in [1.29, 1.82) is 0 Å². The molecule has 0 unspecified atom stereocenters. The zero-order valence-electron chi connectivity index (χ0n) is 11.5. The van der Waals surface area contributed by atoms with E-state index in [2.05, 4.69) is 17.2 Å². The number of aryl methyl sites for hydroxylation is 1. The first kappa shape index (κ1) is 17.1. The average molecular weight is 299 g/mol. The molecule has 0 saturated carbocycles. The Morgan fingerprint density at radius 1 is 1.38 bits per heavy atom. The van der Waals surface area contributed by atoms with Gasteiger partial charge in [-0.1, -0.05) is 23.5 Å². The summed E-state index contributed by atoms with van der Waals surface area (Å²) in [7, 11) is 0. The van der Waals surface area contributed by atoms with E-state index in [1.54, 1.807) is 25.1 Å².